The average Bonchev–Trinajstić information content (AvgIpc) is 2.99. The third kappa shape index (κ3) is 6.21. The van der Waals surface area contributed by atoms with Crippen LogP contribution in [0.4, 0.5) is 0 Å². The lowest BCUT2D eigenvalue weighted by Crippen LogP contribution is -2.51. The molecule has 0 bridgehead atoms. The summed E-state index contributed by atoms with van der Waals surface area (Å²) in [7, 11) is -3.16. The van der Waals surface area contributed by atoms with Gasteiger partial charge in [-0.1, -0.05) is 6.07 Å². The topological polar surface area (TPSA) is 78.5 Å². The number of nitrogens with one attached hydrogen (secondary N) is 2. The predicted octanol–water partition coefficient (Wildman–Crippen LogP) is 0.809. The second-order valence-corrected chi connectivity index (χ2v) is 8.81. The van der Waals surface area contributed by atoms with E-state index in [0.29, 0.717) is 6.54 Å². The molecular formula is C15H25N3O3S2. The Morgan fingerprint density at radius 3 is 2.70 bits per heavy atom. The fourth-order valence-corrected chi connectivity index (χ4v) is 4.33. The van der Waals surface area contributed by atoms with Crippen molar-refractivity contribution < 1.29 is 13.2 Å². The smallest absolute Gasteiger partial charge is 0.237 e. The maximum atomic E-state index is 12.2. The zero-order valence-corrected chi connectivity index (χ0v) is 15.3. The zero-order chi connectivity index (χ0) is 16.9. The monoisotopic (exact) mass is 359 g/mol. The molecule has 130 valence electrons. The van der Waals surface area contributed by atoms with E-state index >= 15 is 0 Å². The molecule has 1 aliphatic rings. The van der Waals surface area contributed by atoms with Crippen molar-refractivity contribution in [3.63, 3.8) is 0 Å². The van der Waals surface area contributed by atoms with Crippen molar-refractivity contribution in [3.8, 4) is 0 Å². The molecular weight excluding hydrogens is 334 g/mol. The summed E-state index contributed by atoms with van der Waals surface area (Å²) >= 11 is 1.70. The number of hydrogen-bond acceptors (Lipinski definition) is 5. The van der Waals surface area contributed by atoms with E-state index in [-0.39, 0.29) is 18.0 Å². The lowest BCUT2D eigenvalue weighted by Gasteiger charge is -2.35. The Morgan fingerprint density at radius 1 is 1.43 bits per heavy atom. The van der Waals surface area contributed by atoms with Crippen molar-refractivity contribution in [2.75, 3.05) is 25.9 Å². The van der Waals surface area contributed by atoms with Gasteiger partial charge in [-0.25, -0.2) is 13.1 Å². The predicted molar refractivity (Wildman–Crippen MR) is 93.1 cm³/mol. The molecule has 2 heterocycles. The summed E-state index contributed by atoms with van der Waals surface area (Å²) in [5, 5.41) is 5.02. The van der Waals surface area contributed by atoms with Crippen LogP contribution >= 0.6 is 11.3 Å². The van der Waals surface area contributed by atoms with E-state index in [1.54, 1.807) is 11.3 Å². The zero-order valence-electron chi connectivity index (χ0n) is 13.6. The molecule has 2 N–H and O–H groups in total. The van der Waals surface area contributed by atoms with Gasteiger partial charge in [0.2, 0.25) is 15.9 Å². The second kappa shape index (κ2) is 8.23. The van der Waals surface area contributed by atoms with Crippen molar-refractivity contribution in [2.45, 2.75) is 38.3 Å². The van der Waals surface area contributed by atoms with Crippen LogP contribution < -0.4 is 10.0 Å². The second-order valence-electron chi connectivity index (χ2n) is 6.00. The Balaban J connectivity index is 1.71. The number of nitrogens with zero attached hydrogens (tertiary/aromatic N) is 1. The number of rotatable bonds is 7. The molecule has 1 aliphatic heterocycles. The number of thiophene rings is 1. The average molecular weight is 360 g/mol. The van der Waals surface area contributed by atoms with E-state index in [4.69, 9.17) is 0 Å². The number of likely N-dealkylation sites (tertiary alicyclic amines) is 1. The van der Waals surface area contributed by atoms with E-state index in [2.05, 4.69) is 21.0 Å². The van der Waals surface area contributed by atoms with E-state index < -0.39 is 10.0 Å². The van der Waals surface area contributed by atoms with Crippen LogP contribution in [0.5, 0.6) is 0 Å². The number of carbonyl (C=O) groups is 1. The first-order chi connectivity index (χ1) is 10.8. The number of carbonyl (C=O) groups excluding carboxylic acids is 1. The van der Waals surface area contributed by atoms with Gasteiger partial charge in [-0.05, 0) is 37.6 Å². The maximum absolute atomic E-state index is 12.2. The van der Waals surface area contributed by atoms with Gasteiger partial charge in [-0.2, -0.15) is 0 Å². The van der Waals surface area contributed by atoms with E-state index in [1.807, 2.05) is 18.4 Å². The molecule has 1 aromatic heterocycles. The van der Waals surface area contributed by atoms with E-state index in [9.17, 15) is 13.2 Å². The number of amides is 1. The Labute approximate surface area is 142 Å². The molecule has 1 fully saturated rings. The summed E-state index contributed by atoms with van der Waals surface area (Å²) in [6.07, 6.45) is 3.51. The molecule has 0 aromatic carbocycles. The molecule has 0 aliphatic carbocycles. The van der Waals surface area contributed by atoms with Crippen LogP contribution in [0.15, 0.2) is 17.5 Å². The van der Waals surface area contributed by atoms with Gasteiger partial charge < -0.3 is 5.32 Å². The van der Waals surface area contributed by atoms with Crippen LogP contribution in [-0.2, 0) is 21.2 Å². The standard InChI is InChI=1S/C15H25N3O3S2/c1-12(15(19)16-8-5-14-4-3-11-22-14)18-9-6-13(7-10-18)17-23(2,20)21/h3-4,11-13,17H,5-10H2,1-2H3,(H,16,19). The summed E-state index contributed by atoms with van der Waals surface area (Å²) in [6.45, 7) is 4.01. The van der Waals surface area contributed by atoms with Crippen LogP contribution in [-0.4, -0.2) is 57.2 Å². The molecule has 8 heteroatoms. The first-order valence-electron chi connectivity index (χ1n) is 7.86. The van der Waals surface area contributed by atoms with Crippen molar-refractivity contribution in [1.82, 2.24) is 14.9 Å². The van der Waals surface area contributed by atoms with Crippen molar-refractivity contribution in [3.05, 3.63) is 22.4 Å². The summed E-state index contributed by atoms with van der Waals surface area (Å²) < 4.78 is 25.1. The van der Waals surface area contributed by atoms with Crippen molar-refractivity contribution in [2.24, 2.45) is 0 Å². The quantitative estimate of drug-likeness (QED) is 0.755. The van der Waals surface area contributed by atoms with Gasteiger partial charge in [0.25, 0.3) is 0 Å². The van der Waals surface area contributed by atoms with E-state index in [0.717, 1.165) is 32.4 Å². The summed E-state index contributed by atoms with van der Waals surface area (Å²) in [4.78, 5) is 15.6. The van der Waals surface area contributed by atoms with E-state index in [1.165, 1.54) is 11.1 Å². The molecule has 0 radical (unpaired) electrons. The molecule has 1 aromatic rings. The van der Waals surface area contributed by atoms with Gasteiger partial charge in [-0.3, -0.25) is 9.69 Å². The summed E-state index contributed by atoms with van der Waals surface area (Å²) in [5.41, 5.74) is 0. The van der Waals surface area contributed by atoms with Crippen LogP contribution in [0.2, 0.25) is 0 Å². The fourth-order valence-electron chi connectivity index (χ4n) is 2.78. The lowest BCUT2D eigenvalue weighted by molar-refractivity contribution is -0.126. The first-order valence-corrected chi connectivity index (χ1v) is 10.6. The highest BCUT2D eigenvalue weighted by Crippen LogP contribution is 2.14. The first kappa shape index (κ1) is 18.4. The Hall–Kier alpha value is -0.960. The van der Waals surface area contributed by atoms with Crippen LogP contribution in [0, 0.1) is 0 Å². The lowest BCUT2D eigenvalue weighted by atomic mass is 10.0. The normalized spacial score (nSPS) is 18.7. The van der Waals surface area contributed by atoms with Gasteiger partial charge >= 0.3 is 0 Å². The highest BCUT2D eigenvalue weighted by molar-refractivity contribution is 7.88. The number of piperidine rings is 1. The number of sulfonamides is 1. The maximum Gasteiger partial charge on any atom is 0.237 e. The minimum atomic E-state index is -3.16. The third-order valence-corrected chi connectivity index (χ3v) is 5.79. The largest absolute Gasteiger partial charge is 0.354 e. The van der Waals surface area contributed by atoms with Gasteiger partial charge in [0, 0.05) is 30.6 Å². The molecule has 0 saturated carbocycles. The van der Waals surface area contributed by atoms with Crippen LogP contribution in [0.3, 0.4) is 0 Å². The Kier molecular flexibility index (Phi) is 6.58. The summed E-state index contributed by atoms with van der Waals surface area (Å²) in [5.74, 6) is 0.0380. The van der Waals surface area contributed by atoms with Crippen molar-refractivity contribution in [1.29, 1.82) is 0 Å². The molecule has 23 heavy (non-hydrogen) atoms. The number of hydrogen-bond donors (Lipinski definition) is 2. The van der Waals surface area contributed by atoms with Crippen LogP contribution in [0.25, 0.3) is 0 Å². The summed E-state index contributed by atoms with van der Waals surface area (Å²) in [6, 6.07) is 3.88. The Bertz CT molecular complexity index is 593. The highest BCUT2D eigenvalue weighted by atomic mass is 32.2. The molecule has 6 nitrogen and oxygen atoms in total. The van der Waals surface area contributed by atoms with Crippen LogP contribution in [0.1, 0.15) is 24.6 Å². The van der Waals surface area contributed by atoms with Crippen molar-refractivity contribution >= 4 is 27.3 Å². The molecule has 1 atom stereocenters. The molecule has 1 unspecified atom stereocenters. The molecule has 2 rings (SSSR count). The molecule has 1 saturated heterocycles. The minimum Gasteiger partial charge on any atom is -0.354 e. The fraction of sp³-hybridized carbons (Fsp3) is 0.667. The molecule has 0 spiro atoms. The van der Waals surface area contributed by atoms with Gasteiger partial charge in [0.1, 0.15) is 0 Å². The Morgan fingerprint density at radius 2 is 2.13 bits per heavy atom. The SMILES string of the molecule is CC(C(=O)NCCc1cccs1)N1CCC(NS(C)(=O)=O)CC1. The third-order valence-electron chi connectivity index (χ3n) is 4.09. The highest BCUT2D eigenvalue weighted by Gasteiger charge is 2.27. The van der Waals surface area contributed by atoms with Gasteiger partial charge in [-0.15, -0.1) is 11.3 Å². The molecule has 1 amide bonds. The van der Waals surface area contributed by atoms with Gasteiger partial charge in [0.05, 0.1) is 12.3 Å². The minimum absolute atomic E-state index is 0.0182. The van der Waals surface area contributed by atoms with Gasteiger partial charge in [0.15, 0.2) is 0 Å².